The molecular weight excluding hydrogens is 277 g/mol. The van der Waals surface area contributed by atoms with Crippen molar-refractivity contribution in [1.29, 1.82) is 0 Å². The second-order valence-corrected chi connectivity index (χ2v) is 6.64. The van der Waals surface area contributed by atoms with Gasteiger partial charge in [-0.15, -0.1) is 0 Å². The maximum atomic E-state index is 12.2. The average molecular weight is 296 g/mol. The fraction of sp³-hybridized carbons (Fsp3) is 0.923. The van der Waals surface area contributed by atoms with Crippen LogP contribution in [0, 0.1) is 5.92 Å². The number of rotatable bonds is 3. The molecule has 1 unspecified atom stereocenters. The third-order valence-electron chi connectivity index (χ3n) is 4.01. The summed E-state index contributed by atoms with van der Waals surface area (Å²) in [5, 5.41) is 0. The van der Waals surface area contributed by atoms with E-state index in [-0.39, 0.29) is 23.7 Å². The monoisotopic (exact) mass is 296 g/mol. The van der Waals surface area contributed by atoms with Crippen molar-refractivity contribution in [2.75, 3.05) is 18.1 Å². The molecule has 0 N–H and O–H groups in total. The fourth-order valence-electron chi connectivity index (χ4n) is 2.86. The van der Waals surface area contributed by atoms with E-state index < -0.39 is 12.6 Å². The van der Waals surface area contributed by atoms with Crippen LogP contribution >= 0.6 is 11.8 Å². The van der Waals surface area contributed by atoms with Crippen molar-refractivity contribution in [2.24, 2.45) is 5.92 Å². The van der Waals surface area contributed by atoms with Crippen molar-refractivity contribution < 1.29 is 22.7 Å². The molecule has 0 amide bonds. The molecule has 2 aliphatic heterocycles. The maximum absolute atomic E-state index is 12.2. The molecular formula is C13H19F3O2S. The fourth-order valence-corrected chi connectivity index (χ4v) is 4.10. The zero-order valence-electron chi connectivity index (χ0n) is 10.8. The van der Waals surface area contributed by atoms with Gasteiger partial charge >= 0.3 is 6.18 Å². The minimum atomic E-state index is -4.24. The molecule has 2 saturated heterocycles. The topological polar surface area (TPSA) is 26.3 Å². The van der Waals surface area contributed by atoms with Gasteiger partial charge in [0.25, 0.3) is 0 Å². The lowest BCUT2D eigenvalue weighted by Crippen LogP contribution is -2.44. The molecule has 0 radical (unpaired) electrons. The van der Waals surface area contributed by atoms with Gasteiger partial charge in [0.15, 0.2) is 0 Å². The zero-order chi connectivity index (χ0) is 13.9. The van der Waals surface area contributed by atoms with Crippen molar-refractivity contribution >= 4 is 17.5 Å². The van der Waals surface area contributed by atoms with Gasteiger partial charge in [0, 0.05) is 18.9 Å². The molecule has 2 aliphatic rings. The van der Waals surface area contributed by atoms with Crippen molar-refractivity contribution in [3.8, 4) is 0 Å². The van der Waals surface area contributed by atoms with Crippen LogP contribution < -0.4 is 0 Å². The van der Waals surface area contributed by atoms with E-state index in [2.05, 4.69) is 0 Å². The number of Topliss-reactive ketones (excluding diaryl/α,β-unsaturated/α-hetero) is 1. The number of hydrogen-bond donors (Lipinski definition) is 0. The molecule has 0 aromatic heterocycles. The summed E-state index contributed by atoms with van der Waals surface area (Å²) in [6, 6.07) is 0. The van der Waals surface area contributed by atoms with E-state index in [4.69, 9.17) is 4.74 Å². The van der Waals surface area contributed by atoms with Gasteiger partial charge < -0.3 is 4.74 Å². The third kappa shape index (κ3) is 4.38. The molecule has 2 nitrogen and oxygen atoms in total. The first kappa shape index (κ1) is 15.2. The van der Waals surface area contributed by atoms with Crippen molar-refractivity contribution in [3.63, 3.8) is 0 Å². The SMILES string of the molecule is O=C(CCC(F)(F)F)C1CCOC2(CCSCC2)C1. The van der Waals surface area contributed by atoms with Gasteiger partial charge in [0.2, 0.25) is 0 Å². The summed E-state index contributed by atoms with van der Waals surface area (Å²) in [4.78, 5) is 11.9. The van der Waals surface area contributed by atoms with Crippen molar-refractivity contribution in [2.45, 2.75) is 50.3 Å². The Hall–Kier alpha value is -0.230. The number of carbonyl (C=O) groups excluding carboxylic acids is 1. The van der Waals surface area contributed by atoms with Gasteiger partial charge in [-0.3, -0.25) is 4.79 Å². The summed E-state index contributed by atoms with van der Waals surface area (Å²) in [7, 11) is 0. The molecule has 6 heteroatoms. The van der Waals surface area contributed by atoms with Crippen LogP contribution in [0.1, 0.15) is 38.5 Å². The summed E-state index contributed by atoms with van der Waals surface area (Å²) in [5.41, 5.74) is -0.234. The predicted molar refractivity (Wildman–Crippen MR) is 68.3 cm³/mol. The predicted octanol–water partition coefficient (Wildman–Crippen LogP) is 3.59. The van der Waals surface area contributed by atoms with E-state index in [1.165, 1.54) is 0 Å². The molecule has 2 rings (SSSR count). The number of ether oxygens (including phenoxy) is 1. The number of thioether (sulfide) groups is 1. The maximum Gasteiger partial charge on any atom is 0.389 e. The smallest absolute Gasteiger partial charge is 0.375 e. The van der Waals surface area contributed by atoms with Crippen molar-refractivity contribution in [1.82, 2.24) is 0 Å². The van der Waals surface area contributed by atoms with E-state index in [9.17, 15) is 18.0 Å². The Morgan fingerprint density at radius 3 is 2.63 bits per heavy atom. The third-order valence-corrected chi connectivity index (χ3v) is 4.99. The Balaban J connectivity index is 1.88. The quantitative estimate of drug-likeness (QED) is 0.796. The summed E-state index contributed by atoms with van der Waals surface area (Å²) >= 11 is 1.87. The summed E-state index contributed by atoms with van der Waals surface area (Å²) in [5.74, 6) is 1.56. The number of alkyl halides is 3. The molecule has 2 fully saturated rings. The lowest BCUT2D eigenvalue weighted by molar-refractivity contribution is -0.151. The van der Waals surface area contributed by atoms with Crippen LogP contribution in [0.3, 0.4) is 0 Å². The van der Waals surface area contributed by atoms with Gasteiger partial charge in [-0.2, -0.15) is 24.9 Å². The lowest BCUT2D eigenvalue weighted by atomic mass is 9.79. The van der Waals surface area contributed by atoms with E-state index in [0.29, 0.717) is 19.4 Å². The molecule has 1 atom stereocenters. The van der Waals surface area contributed by atoms with Crippen LogP contribution in [0.5, 0.6) is 0 Å². The van der Waals surface area contributed by atoms with Crippen LogP contribution in [-0.2, 0) is 9.53 Å². The van der Waals surface area contributed by atoms with Crippen LogP contribution in [0.2, 0.25) is 0 Å². The van der Waals surface area contributed by atoms with E-state index in [1.807, 2.05) is 11.8 Å². The highest BCUT2D eigenvalue weighted by molar-refractivity contribution is 7.99. The molecule has 0 saturated carbocycles. The average Bonchev–Trinajstić information content (AvgIpc) is 2.36. The second kappa shape index (κ2) is 6.04. The van der Waals surface area contributed by atoms with E-state index in [0.717, 1.165) is 24.3 Å². The minimum absolute atomic E-state index is 0.234. The largest absolute Gasteiger partial charge is 0.389 e. The van der Waals surface area contributed by atoms with Gasteiger partial charge in [0.1, 0.15) is 5.78 Å². The Labute approximate surface area is 115 Å². The molecule has 1 spiro atoms. The van der Waals surface area contributed by atoms with Gasteiger partial charge in [-0.25, -0.2) is 0 Å². The summed E-state index contributed by atoms with van der Waals surface area (Å²) in [6.07, 6.45) is -2.58. The molecule has 2 heterocycles. The molecule has 110 valence electrons. The molecule has 0 bridgehead atoms. The first-order valence-corrected chi connectivity index (χ1v) is 7.87. The second-order valence-electron chi connectivity index (χ2n) is 5.42. The molecule has 19 heavy (non-hydrogen) atoms. The zero-order valence-corrected chi connectivity index (χ0v) is 11.6. The van der Waals surface area contributed by atoms with Gasteiger partial charge in [-0.05, 0) is 37.2 Å². The van der Waals surface area contributed by atoms with Crippen molar-refractivity contribution in [3.05, 3.63) is 0 Å². The number of carbonyl (C=O) groups is 1. The van der Waals surface area contributed by atoms with Crippen LogP contribution in [0.4, 0.5) is 13.2 Å². The van der Waals surface area contributed by atoms with Crippen LogP contribution in [-0.4, -0.2) is 35.7 Å². The van der Waals surface area contributed by atoms with Crippen LogP contribution in [0.25, 0.3) is 0 Å². The van der Waals surface area contributed by atoms with Gasteiger partial charge in [0.05, 0.1) is 12.0 Å². The number of ketones is 1. The number of halogens is 3. The molecule has 0 aromatic carbocycles. The summed E-state index contributed by atoms with van der Waals surface area (Å²) in [6.45, 7) is 0.507. The highest BCUT2D eigenvalue weighted by atomic mass is 32.2. The molecule has 0 aromatic rings. The highest BCUT2D eigenvalue weighted by Crippen LogP contribution is 2.40. The summed E-state index contributed by atoms with van der Waals surface area (Å²) < 4.78 is 42.3. The van der Waals surface area contributed by atoms with Gasteiger partial charge in [-0.1, -0.05) is 0 Å². The Morgan fingerprint density at radius 1 is 1.32 bits per heavy atom. The minimum Gasteiger partial charge on any atom is -0.375 e. The Bertz CT molecular complexity index is 319. The van der Waals surface area contributed by atoms with E-state index >= 15 is 0 Å². The van der Waals surface area contributed by atoms with E-state index in [1.54, 1.807) is 0 Å². The standard InChI is InChI=1S/C13H19F3O2S/c14-13(15,16)3-1-11(17)10-2-6-18-12(9-10)4-7-19-8-5-12/h10H,1-9H2. The normalized spacial score (nSPS) is 27.4. The Kier molecular flexibility index (Phi) is 4.82. The lowest BCUT2D eigenvalue weighted by Gasteiger charge is -2.43. The number of hydrogen-bond acceptors (Lipinski definition) is 3. The van der Waals surface area contributed by atoms with Crippen LogP contribution in [0.15, 0.2) is 0 Å². The first-order valence-electron chi connectivity index (χ1n) is 6.71. The first-order chi connectivity index (χ1) is 8.90. The Morgan fingerprint density at radius 2 is 2.00 bits per heavy atom. The molecule has 0 aliphatic carbocycles. The highest BCUT2D eigenvalue weighted by Gasteiger charge is 2.41.